The number of nitrogens with zero attached hydrogens (tertiary/aromatic N) is 1. The second-order valence-electron chi connectivity index (χ2n) is 7.05. The largest absolute Gasteiger partial charge is 0.371 e. The Morgan fingerprint density at radius 2 is 1.90 bits per heavy atom. The molecule has 20 heavy (non-hydrogen) atoms. The molecule has 1 aliphatic rings. The molecular formula is C17H27BrN2. The average Bonchev–Trinajstić information content (AvgIpc) is 2.37. The smallest absolute Gasteiger partial charge is 0.0412 e. The van der Waals surface area contributed by atoms with Crippen LogP contribution in [0.4, 0.5) is 5.69 Å². The summed E-state index contributed by atoms with van der Waals surface area (Å²) in [4.78, 5) is 2.55. The summed E-state index contributed by atoms with van der Waals surface area (Å²) < 4.78 is 1.16. The van der Waals surface area contributed by atoms with Crippen molar-refractivity contribution in [2.24, 2.45) is 5.92 Å². The van der Waals surface area contributed by atoms with E-state index in [1.807, 2.05) is 0 Å². The predicted molar refractivity (Wildman–Crippen MR) is 91.3 cm³/mol. The number of rotatable bonds is 3. The van der Waals surface area contributed by atoms with Crippen molar-refractivity contribution in [3.8, 4) is 0 Å². The Hall–Kier alpha value is -0.540. The molecule has 0 radical (unpaired) electrons. The molecule has 1 fully saturated rings. The van der Waals surface area contributed by atoms with Gasteiger partial charge >= 0.3 is 0 Å². The molecule has 2 rings (SSSR count). The maximum Gasteiger partial charge on any atom is 0.0412 e. The Morgan fingerprint density at radius 3 is 2.50 bits per heavy atom. The molecule has 0 aliphatic carbocycles. The molecule has 0 bridgehead atoms. The Labute approximate surface area is 132 Å². The van der Waals surface area contributed by atoms with Gasteiger partial charge in [0.05, 0.1) is 0 Å². The molecular weight excluding hydrogens is 312 g/mol. The van der Waals surface area contributed by atoms with Crippen LogP contribution in [-0.2, 0) is 6.54 Å². The van der Waals surface area contributed by atoms with Crippen molar-refractivity contribution in [2.75, 3.05) is 18.0 Å². The summed E-state index contributed by atoms with van der Waals surface area (Å²) in [7, 11) is 0. The van der Waals surface area contributed by atoms with E-state index < -0.39 is 0 Å². The third-order valence-electron chi connectivity index (χ3n) is 3.98. The van der Waals surface area contributed by atoms with Crippen LogP contribution in [0.1, 0.15) is 46.1 Å². The molecule has 0 saturated carbocycles. The van der Waals surface area contributed by atoms with E-state index in [1.54, 1.807) is 0 Å². The van der Waals surface area contributed by atoms with Crippen molar-refractivity contribution >= 4 is 21.6 Å². The van der Waals surface area contributed by atoms with Crippen LogP contribution in [0.3, 0.4) is 0 Å². The normalized spacial score (nSPS) is 17.6. The van der Waals surface area contributed by atoms with Crippen LogP contribution in [0.15, 0.2) is 22.7 Å². The molecule has 0 unspecified atom stereocenters. The summed E-state index contributed by atoms with van der Waals surface area (Å²) in [5.41, 5.74) is 2.94. The van der Waals surface area contributed by atoms with Gasteiger partial charge in [0.1, 0.15) is 0 Å². The number of halogens is 1. The van der Waals surface area contributed by atoms with Gasteiger partial charge < -0.3 is 10.2 Å². The van der Waals surface area contributed by atoms with E-state index in [4.69, 9.17) is 0 Å². The number of hydrogen-bond acceptors (Lipinski definition) is 2. The second-order valence-corrected chi connectivity index (χ2v) is 7.96. The zero-order chi connectivity index (χ0) is 14.8. The van der Waals surface area contributed by atoms with Crippen LogP contribution in [0.2, 0.25) is 0 Å². The van der Waals surface area contributed by atoms with Crippen molar-refractivity contribution in [1.82, 2.24) is 5.32 Å². The number of nitrogens with one attached hydrogen (secondary N) is 1. The number of anilines is 1. The van der Waals surface area contributed by atoms with E-state index in [1.165, 1.54) is 37.2 Å². The lowest BCUT2D eigenvalue weighted by Crippen LogP contribution is -2.37. The molecule has 1 aromatic rings. The lowest BCUT2D eigenvalue weighted by Gasteiger charge is -2.34. The van der Waals surface area contributed by atoms with Crippen molar-refractivity contribution in [1.29, 1.82) is 0 Å². The lowest BCUT2D eigenvalue weighted by molar-refractivity contribution is 0.420. The summed E-state index contributed by atoms with van der Waals surface area (Å²) in [6.45, 7) is 12.3. The summed E-state index contributed by atoms with van der Waals surface area (Å²) in [5, 5.41) is 3.61. The highest BCUT2D eigenvalue weighted by atomic mass is 79.9. The van der Waals surface area contributed by atoms with E-state index >= 15 is 0 Å². The van der Waals surface area contributed by atoms with E-state index in [0.29, 0.717) is 0 Å². The first-order chi connectivity index (χ1) is 9.35. The maximum atomic E-state index is 3.61. The number of piperidine rings is 1. The van der Waals surface area contributed by atoms with Crippen LogP contribution in [0.5, 0.6) is 0 Å². The lowest BCUT2D eigenvalue weighted by atomic mass is 9.98. The van der Waals surface area contributed by atoms with E-state index in [-0.39, 0.29) is 5.54 Å². The van der Waals surface area contributed by atoms with E-state index in [9.17, 15) is 0 Å². The van der Waals surface area contributed by atoms with Gasteiger partial charge in [0.25, 0.3) is 0 Å². The topological polar surface area (TPSA) is 15.3 Å². The van der Waals surface area contributed by atoms with Gasteiger partial charge in [-0.3, -0.25) is 0 Å². The maximum absolute atomic E-state index is 3.61. The van der Waals surface area contributed by atoms with Gasteiger partial charge in [0.15, 0.2) is 0 Å². The SMILES string of the molecule is CC1CCN(c2ccc(Br)cc2CNC(C)(C)C)CC1. The van der Waals surface area contributed by atoms with Gasteiger partial charge in [-0.25, -0.2) is 0 Å². The van der Waals surface area contributed by atoms with Crippen LogP contribution >= 0.6 is 15.9 Å². The molecule has 1 aliphatic heterocycles. The molecule has 0 atom stereocenters. The highest BCUT2D eigenvalue weighted by Gasteiger charge is 2.19. The van der Waals surface area contributed by atoms with Crippen LogP contribution in [0, 0.1) is 5.92 Å². The summed E-state index contributed by atoms with van der Waals surface area (Å²) in [5.74, 6) is 0.873. The molecule has 0 aromatic heterocycles. The molecule has 1 aromatic carbocycles. The first-order valence-electron chi connectivity index (χ1n) is 7.63. The standard InChI is InChI=1S/C17H27BrN2/c1-13-7-9-20(10-8-13)16-6-5-15(18)11-14(16)12-19-17(2,3)4/h5-6,11,13,19H,7-10,12H2,1-4H3. The Bertz CT molecular complexity index is 443. The highest BCUT2D eigenvalue weighted by Crippen LogP contribution is 2.29. The third kappa shape index (κ3) is 4.49. The predicted octanol–water partition coefficient (Wildman–Crippen LogP) is 4.57. The van der Waals surface area contributed by atoms with Crippen LogP contribution < -0.4 is 10.2 Å². The zero-order valence-corrected chi connectivity index (χ0v) is 14.8. The Balaban J connectivity index is 2.15. The van der Waals surface area contributed by atoms with Crippen LogP contribution in [-0.4, -0.2) is 18.6 Å². The summed E-state index contributed by atoms with van der Waals surface area (Å²) in [6.07, 6.45) is 2.62. The minimum atomic E-state index is 0.149. The van der Waals surface area contributed by atoms with Gasteiger partial charge in [-0.2, -0.15) is 0 Å². The molecule has 1 N–H and O–H groups in total. The average molecular weight is 339 g/mol. The molecule has 1 saturated heterocycles. The van der Waals surface area contributed by atoms with Crippen molar-refractivity contribution in [2.45, 2.75) is 52.6 Å². The minimum absolute atomic E-state index is 0.149. The monoisotopic (exact) mass is 338 g/mol. The van der Waals surface area contributed by atoms with Gasteiger partial charge in [-0.05, 0) is 63.3 Å². The molecule has 112 valence electrons. The molecule has 1 heterocycles. The van der Waals surface area contributed by atoms with Crippen molar-refractivity contribution in [3.63, 3.8) is 0 Å². The van der Waals surface area contributed by atoms with Gasteiger partial charge in [0, 0.05) is 35.3 Å². The zero-order valence-electron chi connectivity index (χ0n) is 13.2. The summed E-state index contributed by atoms with van der Waals surface area (Å²) >= 11 is 3.60. The number of benzene rings is 1. The Kier molecular flexibility index (Phi) is 5.14. The molecule has 0 amide bonds. The van der Waals surface area contributed by atoms with Gasteiger partial charge in [-0.1, -0.05) is 22.9 Å². The Morgan fingerprint density at radius 1 is 1.25 bits per heavy atom. The van der Waals surface area contributed by atoms with E-state index in [2.05, 4.69) is 72.0 Å². The number of hydrogen-bond donors (Lipinski definition) is 1. The fraction of sp³-hybridized carbons (Fsp3) is 0.647. The van der Waals surface area contributed by atoms with E-state index in [0.717, 1.165) is 16.9 Å². The highest BCUT2D eigenvalue weighted by molar-refractivity contribution is 9.10. The summed E-state index contributed by atoms with van der Waals surface area (Å²) in [6, 6.07) is 6.68. The first kappa shape index (κ1) is 15.8. The van der Waals surface area contributed by atoms with Crippen molar-refractivity contribution in [3.05, 3.63) is 28.2 Å². The first-order valence-corrected chi connectivity index (χ1v) is 8.43. The van der Waals surface area contributed by atoms with Crippen LogP contribution in [0.25, 0.3) is 0 Å². The second kappa shape index (κ2) is 6.48. The fourth-order valence-electron chi connectivity index (χ4n) is 2.61. The molecule has 2 nitrogen and oxygen atoms in total. The minimum Gasteiger partial charge on any atom is -0.371 e. The molecule has 0 spiro atoms. The van der Waals surface area contributed by atoms with Crippen molar-refractivity contribution < 1.29 is 0 Å². The van der Waals surface area contributed by atoms with Gasteiger partial charge in [-0.15, -0.1) is 0 Å². The quantitative estimate of drug-likeness (QED) is 0.868. The fourth-order valence-corrected chi connectivity index (χ4v) is 3.02. The molecule has 3 heteroatoms. The third-order valence-corrected chi connectivity index (χ3v) is 4.47. The van der Waals surface area contributed by atoms with Gasteiger partial charge in [0.2, 0.25) is 0 Å².